The van der Waals surface area contributed by atoms with Crippen LogP contribution in [0, 0.1) is 0 Å². The van der Waals surface area contributed by atoms with E-state index in [4.69, 9.17) is 12.3 Å². The minimum atomic E-state index is -2.66. The molecule has 0 fully saturated rings. The fourth-order valence-electron chi connectivity index (χ4n) is 3.39. The maximum Gasteiger partial charge on any atom is 0.469 e. The first-order valence-corrected chi connectivity index (χ1v) is 22.6. The highest BCUT2D eigenvalue weighted by Crippen LogP contribution is 2.30. The van der Waals surface area contributed by atoms with Crippen LogP contribution in [0.3, 0.4) is 0 Å². The summed E-state index contributed by atoms with van der Waals surface area (Å²) in [4.78, 5) is 0. The Kier molecular flexibility index (Phi) is 10.2. The van der Waals surface area contributed by atoms with Crippen molar-refractivity contribution in [3.8, 4) is 0 Å². The van der Waals surface area contributed by atoms with Crippen LogP contribution < -0.4 is 0 Å². The van der Waals surface area contributed by atoms with Gasteiger partial charge in [-0.05, 0) is 79.7 Å². The Balaban J connectivity index is 5.57. The van der Waals surface area contributed by atoms with Crippen molar-refractivity contribution in [2.24, 2.45) is 0 Å². The summed E-state index contributed by atoms with van der Waals surface area (Å²) in [6, 6.07) is 0.964. The SMILES string of the molecule is CC[N+](CC)(CC)CCC[Si](O[Si](C)(C)C)(O[Si](C)(C)C)O[Si](C)(C)C. The van der Waals surface area contributed by atoms with Crippen LogP contribution >= 0.6 is 0 Å². The zero-order valence-corrected chi connectivity index (χ0v) is 23.9. The molecule has 0 spiro atoms. The molecule has 0 N–H and O–H groups in total. The van der Waals surface area contributed by atoms with E-state index < -0.39 is 33.8 Å². The van der Waals surface area contributed by atoms with E-state index in [-0.39, 0.29) is 0 Å². The summed E-state index contributed by atoms with van der Waals surface area (Å²) in [6.07, 6.45) is 1.13. The first-order valence-electron chi connectivity index (χ1n) is 10.5. The molecule has 0 saturated carbocycles. The van der Waals surface area contributed by atoms with Gasteiger partial charge in [-0.25, -0.2) is 0 Å². The Bertz CT molecular complexity index is 361. The van der Waals surface area contributed by atoms with Crippen LogP contribution in [0.15, 0.2) is 0 Å². The highest BCUT2D eigenvalue weighted by Gasteiger charge is 2.49. The zero-order valence-electron chi connectivity index (χ0n) is 19.9. The van der Waals surface area contributed by atoms with E-state index >= 15 is 0 Å². The molecule has 0 aromatic carbocycles. The van der Waals surface area contributed by atoms with Gasteiger partial charge in [-0.3, -0.25) is 0 Å². The van der Waals surface area contributed by atoms with E-state index in [1.54, 1.807) is 0 Å². The topological polar surface area (TPSA) is 27.7 Å². The Morgan fingerprint density at radius 1 is 0.577 bits per heavy atom. The number of quaternary nitrogens is 1. The first-order chi connectivity index (χ1) is 11.5. The molecule has 0 rings (SSSR count). The minimum Gasteiger partial charge on any atom is -0.417 e. The summed E-state index contributed by atoms with van der Waals surface area (Å²) < 4.78 is 21.5. The Morgan fingerprint density at radius 2 is 0.885 bits per heavy atom. The van der Waals surface area contributed by atoms with Crippen LogP contribution in [0.5, 0.6) is 0 Å². The zero-order chi connectivity index (χ0) is 20.9. The van der Waals surface area contributed by atoms with Gasteiger partial charge < -0.3 is 16.8 Å². The average Bonchev–Trinajstić information content (AvgIpc) is 2.38. The molecule has 4 nitrogen and oxygen atoms in total. The van der Waals surface area contributed by atoms with Gasteiger partial charge in [-0.15, -0.1) is 0 Å². The highest BCUT2D eigenvalue weighted by molar-refractivity contribution is 6.90. The maximum absolute atomic E-state index is 6.79. The third-order valence-corrected chi connectivity index (χ3v) is 16.6. The van der Waals surface area contributed by atoms with Crippen molar-refractivity contribution in [2.45, 2.75) is 92.2 Å². The van der Waals surface area contributed by atoms with Gasteiger partial charge in [0.15, 0.2) is 25.0 Å². The monoisotopic (exact) mass is 438 g/mol. The molecule has 0 aliphatic heterocycles. The van der Waals surface area contributed by atoms with Crippen molar-refractivity contribution in [1.29, 1.82) is 0 Å². The van der Waals surface area contributed by atoms with E-state index in [0.717, 1.165) is 12.5 Å². The Hall–Kier alpha value is 0.708. The molecule has 0 unspecified atom stereocenters. The molecule has 0 aliphatic rings. The quantitative estimate of drug-likeness (QED) is 0.271. The molecule has 0 atom stereocenters. The number of rotatable bonds is 13. The van der Waals surface area contributed by atoms with Crippen LogP contribution in [0.25, 0.3) is 0 Å². The van der Waals surface area contributed by atoms with Gasteiger partial charge in [-0.1, -0.05) is 0 Å². The third kappa shape index (κ3) is 10.9. The summed E-state index contributed by atoms with van der Waals surface area (Å²) in [5.41, 5.74) is 0. The summed E-state index contributed by atoms with van der Waals surface area (Å²) in [5.74, 6) is 0. The summed E-state index contributed by atoms with van der Waals surface area (Å²) in [7, 11) is -7.95. The largest absolute Gasteiger partial charge is 0.469 e. The van der Waals surface area contributed by atoms with Gasteiger partial charge in [0.2, 0.25) is 0 Å². The number of nitrogens with zero attached hydrogens (tertiary/aromatic N) is 1. The lowest BCUT2D eigenvalue weighted by Crippen LogP contribution is -2.60. The Labute approximate surface area is 169 Å². The predicted molar refractivity (Wildman–Crippen MR) is 125 cm³/mol. The minimum absolute atomic E-state index is 0.964. The lowest BCUT2D eigenvalue weighted by Gasteiger charge is -2.43. The van der Waals surface area contributed by atoms with Crippen LogP contribution in [-0.2, 0) is 12.3 Å². The molecule has 0 aromatic heterocycles. The third-order valence-electron chi connectivity index (χ3n) is 4.51. The van der Waals surface area contributed by atoms with E-state index in [9.17, 15) is 0 Å². The standard InChI is InChI=1S/C18H48NO3Si4/c1-13-19(14-2,15-3)17-16-18-26(20-23(4,5)6,21-24(7,8)9)22-25(10,11)12/h13-18H2,1-12H3/q+1. The van der Waals surface area contributed by atoms with Gasteiger partial charge in [-0.2, -0.15) is 0 Å². The fourth-order valence-corrected chi connectivity index (χ4v) is 18.0. The van der Waals surface area contributed by atoms with E-state index in [1.807, 2.05) is 0 Å². The molecule has 8 heteroatoms. The maximum atomic E-state index is 6.79. The predicted octanol–water partition coefficient (Wildman–Crippen LogP) is 5.75. The van der Waals surface area contributed by atoms with Crippen molar-refractivity contribution in [3.63, 3.8) is 0 Å². The molecule has 0 aliphatic carbocycles. The summed E-state index contributed by atoms with van der Waals surface area (Å²) in [6.45, 7) is 32.1. The Morgan fingerprint density at radius 3 is 1.12 bits per heavy atom. The smallest absolute Gasteiger partial charge is 0.417 e. The van der Waals surface area contributed by atoms with Crippen molar-refractivity contribution in [3.05, 3.63) is 0 Å². The summed E-state index contributed by atoms with van der Waals surface area (Å²) in [5, 5.41) is 0. The molecule has 0 aromatic rings. The highest BCUT2D eigenvalue weighted by atomic mass is 28.5. The van der Waals surface area contributed by atoms with Crippen LogP contribution in [0.2, 0.25) is 65.0 Å². The van der Waals surface area contributed by atoms with E-state index in [2.05, 4.69) is 79.7 Å². The molecule has 0 saturated heterocycles. The molecular weight excluding hydrogens is 391 g/mol. The second-order valence-electron chi connectivity index (χ2n) is 10.4. The van der Waals surface area contributed by atoms with Crippen molar-refractivity contribution in [1.82, 2.24) is 0 Å². The second kappa shape index (κ2) is 9.95. The van der Waals surface area contributed by atoms with Crippen LogP contribution in [0.4, 0.5) is 0 Å². The van der Waals surface area contributed by atoms with Crippen molar-refractivity contribution < 1.29 is 16.8 Å². The van der Waals surface area contributed by atoms with Crippen molar-refractivity contribution in [2.75, 3.05) is 26.2 Å². The van der Waals surface area contributed by atoms with Crippen molar-refractivity contribution >= 4 is 33.8 Å². The van der Waals surface area contributed by atoms with E-state index in [1.165, 1.54) is 30.7 Å². The molecule has 158 valence electrons. The average molecular weight is 439 g/mol. The molecule has 26 heavy (non-hydrogen) atoms. The molecular formula is C18H48NO3Si4+. The fraction of sp³-hybridized carbons (Fsp3) is 1.00. The normalized spacial score (nSPS) is 14.8. The molecule has 0 amide bonds. The number of hydrogen-bond acceptors (Lipinski definition) is 3. The van der Waals surface area contributed by atoms with Gasteiger partial charge in [0, 0.05) is 12.5 Å². The van der Waals surface area contributed by atoms with Gasteiger partial charge in [0.05, 0.1) is 26.2 Å². The number of hydrogen-bond donors (Lipinski definition) is 0. The lowest BCUT2D eigenvalue weighted by atomic mass is 10.3. The van der Waals surface area contributed by atoms with Crippen LogP contribution in [0.1, 0.15) is 27.2 Å². The molecule has 0 heterocycles. The van der Waals surface area contributed by atoms with Crippen LogP contribution in [-0.4, -0.2) is 64.4 Å². The lowest BCUT2D eigenvalue weighted by molar-refractivity contribution is -0.923. The summed E-state index contributed by atoms with van der Waals surface area (Å²) >= 11 is 0. The molecule has 0 bridgehead atoms. The first kappa shape index (κ1) is 26.7. The second-order valence-corrected chi connectivity index (χ2v) is 27.4. The van der Waals surface area contributed by atoms with Gasteiger partial charge in [0.25, 0.3) is 0 Å². The molecule has 0 radical (unpaired) electrons. The van der Waals surface area contributed by atoms with Gasteiger partial charge >= 0.3 is 8.80 Å². The van der Waals surface area contributed by atoms with E-state index in [0.29, 0.717) is 0 Å². The van der Waals surface area contributed by atoms with Gasteiger partial charge in [0.1, 0.15) is 0 Å².